The maximum Gasteiger partial charge on any atom is 0.309 e. The Hall–Kier alpha value is -1.39. The molecule has 1 N–H and O–H groups in total. The third-order valence-electron chi connectivity index (χ3n) is 3.70. The van der Waals surface area contributed by atoms with Gasteiger partial charge in [-0.1, -0.05) is 30.3 Å². The van der Waals surface area contributed by atoms with E-state index in [1.165, 1.54) is 5.56 Å². The molecule has 0 saturated carbocycles. The van der Waals surface area contributed by atoms with E-state index in [1.54, 1.807) is 0 Å². The first-order chi connectivity index (χ1) is 9.94. The summed E-state index contributed by atoms with van der Waals surface area (Å²) >= 11 is 0. The van der Waals surface area contributed by atoms with E-state index >= 15 is 0 Å². The van der Waals surface area contributed by atoms with Crippen molar-refractivity contribution in [3.63, 3.8) is 0 Å². The molecule has 0 bridgehead atoms. The minimum atomic E-state index is -0.745. The van der Waals surface area contributed by atoms with E-state index in [0.717, 1.165) is 25.9 Å². The van der Waals surface area contributed by atoms with Gasteiger partial charge in [-0.3, -0.25) is 9.69 Å². The number of rotatable bonds is 7. The van der Waals surface area contributed by atoms with E-state index in [1.807, 2.05) is 32.0 Å². The average molecular weight is 291 g/mol. The van der Waals surface area contributed by atoms with Gasteiger partial charge in [0.2, 0.25) is 0 Å². The van der Waals surface area contributed by atoms with Gasteiger partial charge in [0.25, 0.3) is 0 Å². The third-order valence-corrected chi connectivity index (χ3v) is 3.70. The fourth-order valence-corrected chi connectivity index (χ4v) is 2.74. The lowest BCUT2D eigenvalue weighted by Crippen LogP contribution is -2.39. The normalized spacial score (nSPS) is 19.0. The van der Waals surface area contributed by atoms with Crippen LogP contribution < -0.4 is 0 Å². The number of nitrogens with zero attached hydrogens (tertiary/aromatic N) is 1. The maximum absolute atomic E-state index is 11.5. The van der Waals surface area contributed by atoms with Gasteiger partial charge in [-0.05, 0) is 38.8 Å². The van der Waals surface area contributed by atoms with Gasteiger partial charge in [0, 0.05) is 13.1 Å². The van der Waals surface area contributed by atoms with E-state index in [0.29, 0.717) is 13.2 Å². The van der Waals surface area contributed by atoms with Crippen LogP contribution in [-0.2, 0) is 16.1 Å². The molecule has 1 aromatic rings. The minimum absolute atomic E-state index is 0.0186. The van der Waals surface area contributed by atoms with Crippen molar-refractivity contribution in [3.05, 3.63) is 35.9 Å². The fraction of sp³-hybridized carbons (Fsp3) is 0.588. The van der Waals surface area contributed by atoms with Crippen LogP contribution in [0.2, 0.25) is 0 Å². The Morgan fingerprint density at radius 2 is 2.05 bits per heavy atom. The molecule has 1 unspecified atom stereocenters. The summed E-state index contributed by atoms with van der Waals surface area (Å²) in [7, 11) is 0. The van der Waals surface area contributed by atoms with Crippen molar-refractivity contribution in [2.45, 2.75) is 38.8 Å². The zero-order valence-electron chi connectivity index (χ0n) is 12.9. The Labute approximate surface area is 126 Å². The molecule has 1 aromatic carbocycles. The van der Waals surface area contributed by atoms with E-state index in [2.05, 4.69) is 17.0 Å². The first kappa shape index (κ1) is 16.0. The standard InChI is InChI=1S/C17H25NO3/c1-17(2,20)13-18(12-14-6-4-3-5-7-14)10-8-15-9-11-21-16(15)19/h3-7,15,20H,8-13H2,1-2H3. The molecule has 116 valence electrons. The molecule has 4 nitrogen and oxygen atoms in total. The summed E-state index contributed by atoms with van der Waals surface area (Å²) < 4.78 is 5.01. The van der Waals surface area contributed by atoms with Crippen LogP contribution in [-0.4, -0.2) is 41.3 Å². The highest BCUT2D eigenvalue weighted by Gasteiger charge is 2.27. The van der Waals surface area contributed by atoms with Crippen molar-refractivity contribution in [3.8, 4) is 0 Å². The predicted octanol–water partition coefficient (Wildman–Crippen LogP) is 2.21. The van der Waals surface area contributed by atoms with E-state index in [4.69, 9.17) is 4.74 Å². The Kier molecular flexibility index (Phi) is 5.37. The van der Waals surface area contributed by atoms with Crippen molar-refractivity contribution < 1.29 is 14.6 Å². The van der Waals surface area contributed by atoms with Gasteiger partial charge < -0.3 is 9.84 Å². The molecule has 1 heterocycles. The number of carbonyl (C=O) groups is 1. The van der Waals surface area contributed by atoms with Crippen LogP contribution in [0.25, 0.3) is 0 Å². The van der Waals surface area contributed by atoms with Crippen LogP contribution in [0.5, 0.6) is 0 Å². The predicted molar refractivity (Wildman–Crippen MR) is 81.7 cm³/mol. The second-order valence-electron chi connectivity index (χ2n) is 6.45. The number of esters is 1. The topological polar surface area (TPSA) is 49.8 Å². The largest absolute Gasteiger partial charge is 0.465 e. The van der Waals surface area contributed by atoms with Crippen LogP contribution in [0.1, 0.15) is 32.3 Å². The summed E-state index contributed by atoms with van der Waals surface area (Å²) in [6.45, 7) is 6.34. The summed E-state index contributed by atoms with van der Waals surface area (Å²) in [5.74, 6) is -0.0528. The average Bonchev–Trinajstić information content (AvgIpc) is 2.81. The number of carbonyl (C=O) groups excluding carboxylic acids is 1. The molecule has 1 saturated heterocycles. The minimum Gasteiger partial charge on any atom is -0.465 e. The number of ether oxygens (including phenoxy) is 1. The summed E-state index contributed by atoms with van der Waals surface area (Å²) in [4.78, 5) is 13.7. The first-order valence-electron chi connectivity index (χ1n) is 7.59. The molecular weight excluding hydrogens is 266 g/mol. The monoisotopic (exact) mass is 291 g/mol. The quantitative estimate of drug-likeness (QED) is 0.783. The SMILES string of the molecule is CC(C)(O)CN(CCC1CCOC1=O)Cc1ccccc1. The Morgan fingerprint density at radius 1 is 1.33 bits per heavy atom. The van der Waals surface area contributed by atoms with E-state index in [9.17, 15) is 9.90 Å². The number of hydrogen-bond acceptors (Lipinski definition) is 4. The molecular formula is C17H25NO3. The Morgan fingerprint density at radius 3 is 2.62 bits per heavy atom. The van der Waals surface area contributed by atoms with Crippen LogP contribution in [0.4, 0.5) is 0 Å². The summed E-state index contributed by atoms with van der Waals surface area (Å²) in [6.07, 6.45) is 1.61. The van der Waals surface area contributed by atoms with Crippen LogP contribution in [0, 0.1) is 5.92 Å². The zero-order chi connectivity index (χ0) is 15.3. The third kappa shape index (κ3) is 5.48. The Balaban J connectivity index is 1.93. The molecule has 0 aliphatic carbocycles. The highest BCUT2D eigenvalue weighted by molar-refractivity contribution is 5.74. The smallest absolute Gasteiger partial charge is 0.309 e. The molecule has 1 fully saturated rings. The van der Waals surface area contributed by atoms with E-state index in [-0.39, 0.29) is 11.9 Å². The molecule has 0 radical (unpaired) electrons. The van der Waals surface area contributed by atoms with Gasteiger partial charge in [0.1, 0.15) is 0 Å². The molecule has 1 atom stereocenters. The van der Waals surface area contributed by atoms with Gasteiger partial charge in [-0.2, -0.15) is 0 Å². The molecule has 1 aliphatic rings. The van der Waals surface area contributed by atoms with Gasteiger partial charge >= 0.3 is 5.97 Å². The molecule has 0 aromatic heterocycles. The zero-order valence-corrected chi connectivity index (χ0v) is 12.9. The summed E-state index contributed by atoms with van der Waals surface area (Å²) in [6, 6.07) is 10.2. The first-order valence-corrected chi connectivity index (χ1v) is 7.59. The van der Waals surface area contributed by atoms with Crippen molar-refractivity contribution in [2.75, 3.05) is 19.7 Å². The second kappa shape index (κ2) is 7.05. The number of benzene rings is 1. The molecule has 21 heavy (non-hydrogen) atoms. The summed E-state index contributed by atoms with van der Waals surface area (Å²) in [5, 5.41) is 10.1. The van der Waals surface area contributed by atoms with Crippen molar-refractivity contribution >= 4 is 5.97 Å². The van der Waals surface area contributed by atoms with Gasteiger partial charge in [-0.15, -0.1) is 0 Å². The van der Waals surface area contributed by atoms with Crippen LogP contribution >= 0.6 is 0 Å². The lowest BCUT2D eigenvalue weighted by atomic mass is 10.0. The second-order valence-corrected chi connectivity index (χ2v) is 6.45. The molecule has 1 aliphatic heterocycles. The van der Waals surface area contributed by atoms with Crippen LogP contribution in [0.15, 0.2) is 30.3 Å². The van der Waals surface area contributed by atoms with Gasteiger partial charge in [0.05, 0.1) is 18.1 Å². The number of aliphatic hydroxyl groups is 1. The van der Waals surface area contributed by atoms with Gasteiger partial charge in [0.15, 0.2) is 0 Å². The van der Waals surface area contributed by atoms with Crippen LogP contribution in [0.3, 0.4) is 0 Å². The molecule has 2 rings (SSSR count). The fourth-order valence-electron chi connectivity index (χ4n) is 2.74. The molecule has 0 amide bonds. The Bertz CT molecular complexity index is 453. The van der Waals surface area contributed by atoms with Crippen molar-refractivity contribution in [1.29, 1.82) is 0 Å². The molecule has 0 spiro atoms. The van der Waals surface area contributed by atoms with E-state index < -0.39 is 5.60 Å². The highest BCUT2D eigenvalue weighted by atomic mass is 16.5. The number of hydrogen-bond donors (Lipinski definition) is 1. The van der Waals surface area contributed by atoms with Gasteiger partial charge in [-0.25, -0.2) is 0 Å². The lowest BCUT2D eigenvalue weighted by Gasteiger charge is -2.29. The van der Waals surface area contributed by atoms with Crippen molar-refractivity contribution in [1.82, 2.24) is 4.90 Å². The maximum atomic E-state index is 11.5. The van der Waals surface area contributed by atoms with Crippen molar-refractivity contribution in [2.24, 2.45) is 5.92 Å². The summed E-state index contributed by atoms with van der Waals surface area (Å²) in [5.41, 5.74) is 0.473. The number of cyclic esters (lactones) is 1. The lowest BCUT2D eigenvalue weighted by molar-refractivity contribution is -0.141. The highest BCUT2D eigenvalue weighted by Crippen LogP contribution is 2.20. The molecule has 4 heteroatoms.